The van der Waals surface area contributed by atoms with E-state index in [0.29, 0.717) is 16.8 Å². The normalized spacial score (nSPS) is 18.9. The number of fused-ring (bicyclic) bond motifs is 2. The van der Waals surface area contributed by atoms with E-state index in [1.165, 1.54) is 12.1 Å². The number of anilines is 2. The Bertz CT molecular complexity index is 914. The van der Waals surface area contributed by atoms with Gasteiger partial charge >= 0.3 is 0 Å². The fourth-order valence-corrected chi connectivity index (χ4v) is 4.21. The van der Waals surface area contributed by atoms with Gasteiger partial charge in [-0.2, -0.15) is 0 Å². The third kappa shape index (κ3) is 3.35. The Balaban J connectivity index is 1.66. The second kappa shape index (κ2) is 7.62. The van der Waals surface area contributed by atoms with E-state index in [1.807, 2.05) is 4.90 Å². The number of benzene rings is 2. The van der Waals surface area contributed by atoms with Gasteiger partial charge in [-0.15, -0.1) is 0 Å². The zero-order valence-electron chi connectivity index (χ0n) is 16.0. The number of nitrogens with one attached hydrogen (secondary N) is 1. The summed E-state index contributed by atoms with van der Waals surface area (Å²) in [6.07, 6.45) is 4.26. The highest BCUT2D eigenvalue weighted by atomic mass is 19.1. The molecule has 4 rings (SSSR count). The first-order valence-corrected chi connectivity index (χ1v) is 9.87. The first-order chi connectivity index (χ1) is 13.6. The van der Waals surface area contributed by atoms with Crippen LogP contribution < -0.4 is 10.2 Å². The molecule has 28 heavy (non-hydrogen) atoms. The zero-order valence-corrected chi connectivity index (χ0v) is 16.0. The number of nitrogens with zero attached hydrogens (tertiary/aromatic N) is 2. The standard InChI is InChI=1S/C22H24FN3O2/c1-2-25-19-13-15(21(27)24-17-8-6-7-16(23)14-17)10-11-18(19)22(28)26-12-5-3-4-9-20(25)26/h6-8,10-11,13-14,20H,2-5,9,12H2,1H3,(H,24,27). The maximum atomic E-state index is 13.4. The first-order valence-electron chi connectivity index (χ1n) is 9.87. The monoisotopic (exact) mass is 381 g/mol. The predicted octanol–water partition coefficient (Wildman–Crippen LogP) is 4.26. The van der Waals surface area contributed by atoms with Gasteiger partial charge in [-0.05, 0) is 62.6 Å². The van der Waals surface area contributed by atoms with Crippen molar-refractivity contribution in [3.8, 4) is 0 Å². The van der Waals surface area contributed by atoms with Crippen molar-refractivity contribution >= 4 is 23.2 Å². The highest BCUT2D eigenvalue weighted by Crippen LogP contribution is 2.35. The van der Waals surface area contributed by atoms with Crippen LogP contribution in [-0.4, -0.2) is 36.0 Å². The summed E-state index contributed by atoms with van der Waals surface area (Å²) in [7, 11) is 0. The molecule has 5 nitrogen and oxygen atoms in total. The number of hydrogen-bond acceptors (Lipinski definition) is 3. The van der Waals surface area contributed by atoms with Crippen molar-refractivity contribution in [2.75, 3.05) is 23.3 Å². The summed E-state index contributed by atoms with van der Waals surface area (Å²) < 4.78 is 13.4. The number of carbonyl (C=O) groups is 2. The van der Waals surface area contributed by atoms with Gasteiger partial charge in [-0.1, -0.05) is 12.5 Å². The molecule has 2 heterocycles. The van der Waals surface area contributed by atoms with Gasteiger partial charge in [-0.3, -0.25) is 9.59 Å². The van der Waals surface area contributed by atoms with Crippen LogP contribution in [0, 0.1) is 5.82 Å². The lowest BCUT2D eigenvalue weighted by atomic mass is 10.0. The quantitative estimate of drug-likeness (QED) is 0.864. The molecule has 0 saturated carbocycles. The molecule has 0 bridgehead atoms. The Kier molecular flexibility index (Phi) is 5.03. The van der Waals surface area contributed by atoms with Crippen LogP contribution in [0.4, 0.5) is 15.8 Å². The molecule has 1 N–H and O–H groups in total. The number of carbonyl (C=O) groups excluding carboxylic acids is 2. The molecule has 2 amide bonds. The third-order valence-corrected chi connectivity index (χ3v) is 5.56. The number of halogens is 1. The number of rotatable bonds is 3. The summed E-state index contributed by atoms with van der Waals surface area (Å²) in [6.45, 7) is 3.61. The Morgan fingerprint density at radius 3 is 2.82 bits per heavy atom. The lowest BCUT2D eigenvalue weighted by molar-refractivity contribution is 0.0656. The minimum atomic E-state index is -0.403. The average Bonchev–Trinajstić information content (AvgIpc) is 2.94. The molecule has 2 aromatic carbocycles. The molecule has 6 heteroatoms. The molecule has 1 saturated heterocycles. The maximum Gasteiger partial charge on any atom is 0.257 e. The molecule has 2 aromatic rings. The van der Waals surface area contributed by atoms with Crippen LogP contribution >= 0.6 is 0 Å². The van der Waals surface area contributed by atoms with Crippen LogP contribution in [0.25, 0.3) is 0 Å². The van der Waals surface area contributed by atoms with Crippen LogP contribution in [0.3, 0.4) is 0 Å². The molecule has 0 radical (unpaired) electrons. The summed E-state index contributed by atoms with van der Waals surface area (Å²) in [4.78, 5) is 29.9. The summed E-state index contributed by atoms with van der Waals surface area (Å²) in [5.74, 6) is -0.677. The van der Waals surface area contributed by atoms with Crippen LogP contribution in [0.2, 0.25) is 0 Å². The van der Waals surface area contributed by atoms with E-state index in [4.69, 9.17) is 0 Å². The van der Waals surface area contributed by atoms with Gasteiger partial charge in [0, 0.05) is 24.3 Å². The highest BCUT2D eigenvalue weighted by Gasteiger charge is 2.37. The van der Waals surface area contributed by atoms with Crippen molar-refractivity contribution in [2.24, 2.45) is 0 Å². The minimum Gasteiger partial charge on any atom is -0.351 e. The molecular weight excluding hydrogens is 357 g/mol. The summed E-state index contributed by atoms with van der Waals surface area (Å²) in [5.41, 5.74) is 2.31. The summed E-state index contributed by atoms with van der Waals surface area (Å²) in [6, 6.07) is 11.0. The van der Waals surface area contributed by atoms with Gasteiger partial charge in [0.2, 0.25) is 0 Å². The van der Waals surface area contributed by atoms with E-state index < -0.39 is 5.82 Å². The summed E-state index contributed by atoms with van der Waals surface area (Å²) in [5, 5.41) is 2.72. The summed E-state index contributed by atoms with van der Waals surface area (Å²) >= 11 is 0. The molecule has 146 valence electrons. The van der Waals surface area contributed by atoms with Crippen molar-refractivity contribution < 1.29 is 14.0 Å². The molecule has 1 atom stereocenters. The molecule has 0 aromatic heterocycles. The van der Waals surface area contributed by atoms with E-state index in [0.717, 1.165) is 44.5 Å². The van der Waals surface area contributed by atoms with Crippen LogP contribution in [0.5, 0.6) is 0 Å². The van der Waals surface area contributed by atoms with Crippen molar-refractivity contribution in [1.82, 2.24) is 4.90 Å². The Labute approximate surface area is 164 Å². The number of hydrogen-bond donors (Lipinski definition) is 1. The van der Waals surface area contributed by atoms with Gasteiger partial charge in [0.05, 0.1) is 11.3 Å². The first kappa shape index (κ1) is 18.5. The Hall–Kier alpha value is -2.89. The van der Waals surface area contributed by atoms with Gasteiger partial charge in [-0.25, -0.2) is 4.39 Å². The Morgan fingerprint density at radius 2 is 2.04 bits per heavy atom. The SMILES string of the molecule is CCN1c2cc(C(=O)Nc3cccc(F)c3)ccc2C(=O)N2CCCCCC21. The van der Waals surface area contributed by atoms with E-state index in [-0.39, 0.29) is 18.0 Å². The fourth-order valence-electron chi connectivity index (χ4n) is 4.21. The molecule has 0 spiro atoms. The van der Waals surface area contributed by atoms with Crippen molar-refractivity contribution in [1.29, 1.82) is 0 Å². The van der Waals surface area contributed by atoms with E-state index in [9.17, 15) is 14.0 Å². The lowest BCUT2D eigenvalue weighted by Gasteiger charge is -2.44. The second-order valence-electron chi connectivity index (χ2n) is 7.31. The molecule has 2 aliphatic heterocycles. The van der Waals surface area contributed by atoms with Gasteiger partial charge in [0.15, 0.2) is 0 Å². The van der Waals surface area contributed by atoms with E-state index in [1.54, 1.807) is 30.3 Å². The van der Waals surface area contributed by atoms with Gasteiger partial charge < -0.3 is 15.1 Å². The van der Waals surface area contributed by atoms with Crippen molar-refractivity contribution in [3.05, 3.63) is 59.4 Å². The zero-order chi connectivity index (χ0) is 19.7. The van der Waals surface area contributed by atoms with Crippen molar-refractivity contribution in [3.63, 3.8) is 0 Å². The topological polar surface area (TPSA) is 52.7 Å². The van der Waals surface area contributed by atoms with Crippen LogP contribution in [0.1, 0.15) is 53.3 Å². The maximum absolute atomic E-state index is 13.4. The lowest BCUT2D eigenvalue weighted by Crippen LogP contribution is -2.55. The fraction of sp³-hybridized carbons (Fsp3) is 0.364. The number of amides is 2. The van der Waals surface area contributed by atoms with Crippen LogP contribution in [0.15, 0.2) is 42.5 Å². The second-order valence-corrected chi connectivity index (χ2v) is 7.31. The minimum absolute atomic E-state index is 0.0451. The van der Waals surface area contributed by atoms with Crippen molar-refractivity contribution in [2.45, 2.75) is 38.8 Å². The van der Waals surface area contributed by atoms with E-state index >= 15 is 0 Å². The average molecular weight is 381 g/mol. The van der Waals surface area contributed by atoms with Gasteiger partial charge in [0.25, 0.3) is 11.8 Å². The molecule has 1 unspecified atom stereocenters. The highest BCUT2D eigenvalue weighted by molar-refractivity contribution is 6.08. The third-order valence-electron chi connectivity index (χ3n) is 5.56. The molecule has 2 aliphatic rings. The largest absolute Gasteiger partial charge is 0.351 e. The van der Waals surface area contributed by atoms with Crippen LogP contribution in [-0.2, 0) is 0 Å². The Morgan fingerprint density at radius 1 is 1.18 bits per heavy atom. The predicted molar refractivity (Wildman–Crippen MR) is 107 cm³/mol. The smallest absolute Gasteiger partial charge is 0.257 e. The molecular formula is C22H24FN3O2. The molecule has 0 aliphatic carbocycles. The van der Waals surface area contributed by atoms with E-state index in [2.05, 4.69) is 17.1 Å². The van der Waals surface area contributed by atoms with Gasteiger partial charge in [0.1, 0.15) is 12.0 Å². The molecule has 1 fully saturated rings.